The molecule has 21 heavy (non-hydrogen) atoms. The maximum Gasteiger partial charge on any atom is 0.234 e. The van der Waals surface area contributed by atoms with Crippen LogP contribution in [0.2, 0.25) is 5.02 Å². The van der Waals surface area contributed by atoms with E-state index in [9.17, 15) is 5.11 Å². The van der Waals surface area contributed by atoms with Gasteiger partial charge in [0.2, 0.25) is 4.96 Å². The Bertz CT molecular complexity index is 810. The maximum absolute atomic E-state index is 9.49. The Morgan fingerprint density at radius 3 is 3.05 bits per heavy atom. The van der Waals surface area contributed by atoms with E-state index in [-0.39, 0.29) is 11.7 Å². The lowest BCUT2D eigenvalue weighted by Crippen LogP contribution is -2.04. The molecule has 1 saturated heterocycles. The second-order valence-electron chi connectivity index (χ2n) is 4.89. The van der Waals surface area contributed by atoms with Crippen molar-refractivity contribution < 1.29 is 9.84 Å². The van der Waals surface area contributed by atoms with Gasteiger partial charge in [-0.1, -0.05) is 22.9 Å². The van der Waals surface area contributed by atoms with Crippen LogP contribution >= 0.6 is 22.9 Å². The summed E-state index contributed by atoms with van der Waals surface area (Å²) in [7, 11) is 0. The summed E-state index contributed by atoms with van der Waals surface area (Å²) in [6.07, 6.45) is 0.943. The monoisotopic (exact) mass is 322 g/mol. The van der Waals surface area contributed by atoms with Crippen molar-refractivity contribution in [1.82, 2.24) is 19.8 Å². The Kier molecular flexibility index (Phi) is 3.06. The van der Waals surface area contributed by atoms with Crippen molar-refractivity contribution in [3.05, 3.63) is 29.0 Å². The SMILES string of the molecule is Oc1ccc(-c2nn3c(C4CCOC4)nnc3s2)cc1Cl. The zero-order valence-electron chi connectivity index (χ0n) is 10.9. The standard InChI is InChI=1S/C13H11ClN4O2S/c14-9-5-7(1-2-10(9)19)12-17-18-11(8-3-4-20-6-8)15-16-13(18)21-12/h1-2,5,8,19H,3-4,6H2. The Labute approximate surface area is 129 Å². The van der Waals surface area contributed by atoms with Gasteiger partial charge in [-0.2, -0.15) is 9.61 Å². The first kappa shape index (κ1) is 13.0. The van der Waals surface area contributed by atoms with Gasteiger partial charge in [0.15, 0.2) is 5.82 Å². The summed E-state index contributed by atoms with van der Waals surface area (Å²) in [5.74, 6) is 1.15. The summed E-state index contributed by atoms with van der Waals surface area (Å²) in [5.41, 5.74) is 0.849. The van der Waals surface area contributed by atoms with E-state index < -0.39 is 0 Å². The van der Waals surface area contributed by atoms with Gasteiger partial charge in [0.1, 0.15) is 10.8 Å². The van der Waals surface area contributed by atoms with Crippen LogP contribution in [0.5, 0.6) is 5.75 Å². The highest BCUT2D eigenvalue weighted by atomic mass is 35.5. The molecule has 3 aromatic rings. The van der Waals surface area contributed by atoms with E-state index in [4.69, 9.17) is 16.3 Å². The third-order valence-electron chi connectivity index (χ3n) is 3.50. The molecule has 0 saturated carbocycles. The van der Waals surface area contributed by atoms with Gasteiger partial charge in [-0.15, -0.1) is 10.2 Å². The fourth-order valence-electron chi connectivity index (χ4n) is 2.38. The molecule has 1 unspecified atom stereocenters. The van der Waals surface area contributed by atoms with Crippen LogP contribution in [0.25, 0.3) is 15.5 Å². The highest BCUT2D eigenvalue weighted by molar-refractivity contribution is 7.19. The molecule has 0 spiro atoms. The van der Waals surface area contributed by atoms with E-state index in [0.29, 0.717) is 11.6 Å². The number of hydrogen-bond acceptors (Lipinski definition) is 6. The van der Waals surface area contributed by atoms with E-state index in [0.717, 1.165) is 34.4 Å². The first-order valence-electron chi connectivity index (χ1n) is 6.51. The predicted molar refractivity (Wildman–Crippen MR) is 78.9 cm³/mol. The van der Waals surface area contributed by atoms with Gasteiger partial charge in [-0.25, -0.2) is 0 Å². The summed E-state index contributed by atoms with van der Waals surface area (Å²) >= 11 is 7.39. The normalized spacial score (nSPS) is 18.6. The predicted octanol–water partition coefficient (Wildman–Crippen LogP) is 2.72. The number of ether oxygens (including phenoxy) is 1. The van der Waals surface area contributed by atoms with Gasteiger partial charge in [0.05, 0.1) is 11.6 Å². The second kappa shape index (κ2) is 4.94. The third kappa shape index (κ3) is 2.17. The van der Waals surface area contributed by atoms with Gasteiger partial charge < -0.3 is 9.84 Å². The minimum Gasteiger partial charge on any atom is -0.506 e. The smallest absolute Gasteiger partial charge is 0.234 e. The molecule has 1 atom stereocenters. The van der Waals surface area contributed by atoms with Crippen molar-refractivity contribution in [1.29, 1.82) is 0 Å². The van der Waals surface area contributed by atoms with Crippen LogP contribution in [0, 0.1) is 0 Å². The molecule has 0 amide bonds. The summed E-state index contributed by atoms with van der Waals surface area (Å²) < 4.78 is 7.18. The molecule has 1 aromatic carbocycles. The molecule has 2 aromatic heterocycles. The molecule has 1 aliphatic rings. The van der Waals surface area contributed by atoms with Crippen LogP contribution in [0.1, 0.15) is 18.2 Å². The van der Waals surface area contributed by atoms with Crippen molar-refractivity contribution in [3.8, 4) is 16.3 Å². The summed E-state index contributed by atoms with van der Waals surface area (Å²) in [6, 6.07) is 5.04. The quantitative estimate of drug-likeness (QED) is 0.785. The van der Waals surface area contributed by atoms with Gasteiger partial charge in [0.25, 0.3) is 0 Å². The molecule has 6 nitrogen and oxygen atoms in total. The van der Waals surface area contributed by atoms with Crippen molar-refractivity contribution in [2.45, 2.75) is 12.3 Å². The summed E-state index contributed by atoms with van der Waals surface area (Å²) in [4.78, 5) is 0.746. The number of benzene rings is 1. The van der Waals surface area contributed by atoms with Gasteiger partial charge in [0, 0.05) is 18.1 Å². The Morgan fingerprint density at radius 2 is 2.29 bits per heavy atom. The molecular formula is C13H11ClN4O2S. The Balaban J connectivity index is 1.78. The van der Waals surface area contributed by atoms with E-state index in [1.165, 1.54) is 11.3 Å². The number of hydrogen-bond donors (Lipinski definition) is 1. The summed E-state index contributed by atoms with van der Waals surface area (Å²) in [5, 5.41) is 23.6. The fourth-order valence-corrected chi connectivity index (χ4v) is 3.40. The average molecular weight is 323 g/mol. The second-order valence-corrected chi connectivity index (χ2v) is 6.25. The molecule has 0 aliphatic carbocycles. The lowest BCUT2D eigenvalue weighted by Gasteiger charge is -2.02. The van der Waals surface area contributed by atoms with Crippen molar-refractivity contribution in [2.24, 2.45) is 0 Å². The molecule has 0 bridgehead atoms. The number of halogens is 1. The lowest BCUT2D eigenvalue weighted by atomic mass is 10.1. The first-order chi connectivity index (χ1) is 10.2. The molecular weight excluding hydrogens is 312 g/mol. The van der Waals surface area contributed by atoms with E-state index in [1.807, 2.05) is 0 Å². The van der Waals surface area contributed by atoms with Gasteiger partial charge in [-0.05, 0) is 24.6 Å². The first-order valence-corrected chi connectivity index (χ1v) is 7.70. The third-order valence-corrected chi connectivity index (χ3v) is 4.76. The molecule has 1 fully saturated rings. The number of phenolic OH excluding ortho intramolecular Hbond substituents is 1. The zero-order chi connectivity index (χ0) is 14.4. The van der Waals surface area contributed by atoms with Crippen molar-refractivity contribution >= 4 is 27.9 Å². The Hall–Kier alpha value is -1.70. The number of rotatable bonds is 2. The lowest BCUT2D eigenvalue weighted by molar-refractivity contribution is 0.193. The highest BCUT2D eigenvalue weighted by Gasteiger charge is 2.25. The molecule has 1 aliphatic heterocycles. The van der Waals surface area contributed by atoms with Crippen LogP contribution in [0.15, 0.2) is 18.2 Å². The molecule has 4 rings (SSSR count). The van der Waals surface area contributed by atoms with Gasteiger partial charge in [-0.3, -0.25) is 0 Å². The number of nitrogens with zero attached hydrogens (tertiary/aromatic N) is 4. The molecule has 3 heterocycles. The van der Waals surface area contributed by atoms with Crippen LogP contribution in [0.3, 0.4) is 0 Å². The number of aromatic hydroxyl groups is 1. The minimum atomic E-state index is 0.0622. The molecule has 0 radical (unpaired) electrons. The average Bonchev–Trinajstić information content (AvgIpc) is 3.16. The molecule has 8 heteroatoms. The number of aromatic nitrogens is 4. The van der Waals surface area contributed by atoms with Crippen molar-refractivity contribution in [3.63, 3.8) is 0 Å². The molecule has 1 N–H and O–H groups in total. The fraction of sp³-hybridized carbons (Fsp3) is 0.308. The van der Waals surface area contributed by atoms with Crippen LogP contribution in [0.4, 0.5) is 0 Å². The van der Waals surface area contributed by atoms with E-state index >= 15 is 0 Å². The molecule has 108 valence electrons. The van der Waals surface area contributed by atoms with Crippen LogP contribution in [-0.2, 0) is 4.74 Å². The number of phenols is 1. The Morgan fingerprint density at radius 1 is 1.38 bits per heavy atom. The maximum atomic E-state index is 9.49. The summed E-state index contributed by atoms with van der Waals surface area (Å²) in [6.45, 7) is 1.42. The van der Waals surface area contributed by atoms with E-state index in [2.05, 4.69) is 15.3 Å². The topological polar surface area (TPSA) is 72.5 Å². The van der Waals surface area contributed by atoms with Crippen molar-refractivity contribution in [2.75, 3.05) is 13.2 Å². The number of fused-ring (bicyclic) bond motifs is 1. The van der Waals surface area contributed by atoms with Crippen LogP contribution in [-0.4, -0.2) is 38.1 Å². The van der Waals surface area contributed by atoms with Gasteiger partial charge >= 0.3 is 0 Å². The largest absolute Gasteiger partial charge is 0.506 e. The van der Waals surface area contributed by atoms with Crippen LogP contribution < -0.4 is 0 Å². The van der Waals surface area contributed by atoms with E-state index in [1.54, 1.807) is 22.7 Å². The zero-order valence-corrected chi connectivity index (χ0v) is 12.4. The minimum absolute atomic E-state index is 0.0622. The highest BCUT2D eigenvalue weighted by Crippen LogP contribution is 2.33.